The number of hydrogen-bond acceptors (Lipinski definition) is 12. The number of esters is 1. The zero-order valence-electron chi connectivity index (χ0n) is 24.9. The molecule has 5 N–H and O–H groups in total. The quantitative estimate of drug-likeness (QED) is 0.174. The maximum absolute atomic E-state index is 13.0. The number of methoxy groups -OCH3 is 2. The van der Waals surface area contributed by atoms with E-state index in [0.29, 0.717) is 6.42 Å². The van der Waals surface area contributed by atoms with Crippen molar-refractivity contribution < 1.29 is 63.5 Å². The summed E-state index contributed by atoms with van der Waals surface area (Å²) in [4.78, 5) is 24.3. The van der Waals surface area contributed by atoms with Crippen molar-refractivity contribution in [3.8, 4) is 28.7 Å². The second kappa shape index (κ2) is 14.9. The highest BCUT2D eigenvalue weighted by molar-refractivity contribution is 5.91. The SMILES string of the molecule is CCc1cccc(CCOc2cc(C(=O)OC[C@@H]3O[C@@H](Oc4ccc(C(=O)O)cc4OC)[C@H](O)[C@@H](O)[C@@H]3O)cc(OC)c2O)c1. The third kappa shape index (κ3) is 7.94. The van der Waals surface area contributed by atoms with Crippen molar-refractivity contribution in [1.82, 2.24) is 0 Å². The topological polar surface area (TPSA) is 191 Å². The van der Waals surface area contributed by atoms with Crippen LogP contribution in [0.2, 0.25) is 0 Å². The van der Waals surface area contributed by atoms with E-state index in [2.05, 4.69) is 13.0 Å². The van der Waals surface area contributed by atoms with Gasteiger partial charge in [-0.2, -0.15) is 0 Å². The molecule has 0 radical (unpaired) electrons. The van der Waals surface area contributed by atoms with E-state index < -0.39 is 49.3 Å². The second-order valence-electron chi connectivity index (χ2n) is 10.2. The van der Waals surface area contributed by atoms with E-state index >= 15 is 0 Å². The average molecular weight is 629 g/mol. The molecule has 1 aliphatic heterocycles. The molecule has 1 fully saturated rings. The number of phenolic OH excluding ortho intramolecular Hbond substituents is 1. The molecule has 242 valence electrons. The number of phenols is 1. The summed E-state index contributed by atoms with van der Waals surface area (Å²) in [6.45, 7) is 1.70. The fourth-order valence-electron chi connectivity index (χ4n) is 4.67. The smallest absolute Gasteiger partial charge is 0.338 e. The average Bonchev–Trinajstić information content (AvgIpc) is 3.05. The van der Waals surface area contributed by atoms with Gasteiger partial charge in [0.05, 0.1) is 32.0 Å². The summed E-state index contributed by atoms with van der Waals surface area (Å²) in [5, 5.41) is 51.2. The summed E-state index contributed by atoms with van der Waals surface area (Å²) in [5.41, 5.74) is 2.12. The van der Waals surface area contributed by atoms with E-state index in [4.69, 9.17) is 28.4 Å². The van der Waals surface area contributed by atoms with Crippen molar-refractivity contribution in [2.45, 2.75) is 50.5 Å². The van der Waals surface area contributed by atoms with Crippen LogP contribution in [-0.2, 0) is 22.3 Å². The first-order valence-corrected chi connectivity index (χ1v) is 14.1. The largest absolute Gasteiger partial charge is 0.502 e. The Labute approximate surface area is 259 Å². The van der Waals surface area contributed by atoms with Gasteiger partial charge in [0.15, 0.2) is 23.0 Å². The van der Waals surface area contributed by atoms with Crippen LogP contribution in [0.25, 0.3) is 0 Å². The lowest BCUT2D eigenvalue weighted by molar-refractivity contribution is -0.277. The molecule has 0 aromatic heterocycles. The van der Waals surface area contributed by atoms with Crippen LogP contribution in [-0.4, -0.2) is 95.6 Å². The van der Waals surface area contributed by atoms with Crippen LogP contribution in [0.5, 0.6) is 28.7 Å². The molecule has 13 heteroatoms. The first-order chi connectivity index (χ1) is 21.6. The van der Waals surface area contributed by atoms with Gasteiger partial charge in [0.2, 0.25) is 12.0 Å². The first kappa shape index (κ1) is 33.3. The van der Waals surface area contributed by atoms with Gasteiger partial charge < -0.3 is 54.0 Å². The molecule has 5 atom stereocenters. The Morgan fingerprint density at radius 1 is 0.822 bits per heavy atom. The lowest BCUT2D eigenvalue weighted by Gasteiger charge is -2.40. The number of hydrogen-bond donors (Lipinski definition) is 5. The van der Waals surface area contributed by atoms with Gasteiger partial charge in [-0.25, -0.2) is 9.59 Å². The molecular weight excluding hydrogens is 592 g/mol. The third-order valence-corrected chi connectivity index (χ3v) is 7.24. The van der Waals surface area contributed by atoms with Gasteiger partial charge in [0.25, 0.3) is 0 Å². The number of aliphatic hydroxyl groups is 3. The molecule has 1 saturated heterocycles. The van der Waals surface area contributed by atoms with Crippen molar-refractivity contribution in [1.29, 1.82) is 0 Å². The van der Waals surface area contributed by atoms with Gasteiger partial charge in [-0.15, -0.1) is 0 Å². The highest BCUT2D eigenvalue weighted by atomic mass is 16.7. The number of aliphatic hydroxyl groups excluding tert-OH is 3. The predicted octanol–water partition coefficient (Wildman–Crippen LogP) is 2.33. The Hall–Kier alpha value is -4.56. The molecule has 0 saturated carbocycles. The summed E-state index contributed by atoms with van der Waals surface area (Å²) >= 11 is 0. The number of rotatable bonds is 13. The minimum atomic E-state index is -1.75. The maximum atomic E-state index is 13.0. The minimum absolute atomic E-state index is 0.00299. The number of aromatic hydroxyl groups is 1. The van der Waals surface area contributed by atoms with Gasteiger partial charge in [0.1, 0.15) is 31.0 Å². The first-order valence-electron chi connectivity index (χ1n) is 14.1. The van der Waals surface area contributed by atoms with E-state index in [0.717, 1.165) is 12.0 Å². The monoisotopic (exact) mass is 628 g/mol. The van der Waals surface area contributed by atoms with Crippen LogP contribution < -0.4 is 18.9 Å². The van der Waals surface area contributed by atoms with Crippen LogP contribution in [0.3, 0.4) is 0 Å². The van der Waals surface area contributed by atoms with Crippen LogP contribution in [0.15, 0.2) is 54.6 Å². The zero-order chi connectivity index (χ0) is 32.7. The Bertz CT molecular complexity index is 1490. The van der Waals surface area contributed by atoms with Gasteiger partial charge >= 0.3 is 11.9 Å². The van der Waals surface area contributed by atoms with Gasteiger partial charge in [0, 0.05) is 6.42 Å². The number of benzene rings is 3. The lowest BCUT2D eigenvalue weighted by atomic mass is 9.99. The molecule has 3 aromatic rings. The Morgan fingerprint density at radius 2 is 1.51 bits per heavy atom. The van der Waals surface area contributed by atoms with Gasteiger partial charge in [-0.05, 0) is 47.9 Å². The summed E-state index contributed by atoms with van der Waals surface area (Å²) < 4.78 is 32.7. The molecule has 0 bridgehead atoms. The number of carboxylic acid groups (broad SMARTS) is 1. The number of aromatic carboxylic acids is 1. The number of carbonyl (C=O) groups excluding carboxylic acids is 1. The molecule has 1 heterocycles. The molecule has 0 aliphatic carbocycles. The number of carbonyl (C=O) groups is 2. The zero-order valence-corrected chi connectivity index (χ0v) is 24.9. The number of ether oxygens (including phenoxy) is 6. The third-order valence-electron chi connectivity index (χ3n) is 7.24. The highest BCUT2D eigenvalue weighted by Gasteiger charge is 2.45. The molecular formula is C32H36O13. The Balaban J connectivity index is 1.43. The van der Waals surface area contributed by atoms with Crippen molar-refractivity contribution >= 4 is 11.9 Å². The van der Waals surface area contributed by atoms with Crippen LogP contribution in [0, 0.1) is 0 Å². The Kier molecular flexibility index (Phi) is 11.1. The van der Waals surface area contributed by atoms with E-state index in [1.54, 1.807) is 0 Å². The van der Waals surface area contributed by atoms with Crippen molar-refractivity contribution in [2.24, 2.45) is 0 Å². The fraction of sp³-hybridized carbons (Fsp3) is 0.375. The predicted molar refractivity (Wildman–Crippen MR) is 157 cm³/mol. The normalized spacial score (nSPS) is 21.1. The van der Waals surface area contributed by atoms with Crippen LogP contribution in [0.1, 0.15) is 38.8 Å². The number of carboxylic acids is 1. The van der Waals surface area contributed by atoms with Gasteiger partial charge in [-0.3, -0.25) is 0 Å². The molecule has 3 aromatic carbocycles. The van der Waals surface area contributed by atoms with Gasteiger partial charge in [-0.1, -0.05) is 31.2 Å². The highest BCUT2D eigenvalue weighted by Crippen LogP contribution is 2.38. The molecule has 45 heavy (non-hydrogen) atoms. The maximum Gasteiger partial charge on any atom is 0.338 e. The summed E-state index contributed by atoms with van der Waals surface area (Å²) in [6.07, 6.45) is -6.58. The standard InChI is InChI=1S/C32H36O13/c1-4-17-6-5-7-18(12-17)10-11-42-24-15-20(14-23(41-3)26(24)33)31(39)43-16-25-27(34)28(35)29(36)32(45-25)44-21-9-8-19(30(37)38)13-22(21)40-2/h5-9,12-15,25,27-29,32-36H,4,10-11,16H2,1-3H3,(H,37,38)/t25-,27+,28-,29+,32+/m0/s1. The minimum Gasteiger partial charge on any atom is -0.502 e. The molecule has 0 spiro atoms. The fourth-order valence-corrected chi connectivity index (χ4v) is 4.67. The molecule has 1 aliphatic rings. The molecule has 0 amide bonds. The summed E-state index contributed by atoms with van der Waals surface area (Å²) in [5.74, 6) is -2.40. The van der Waals surface area contributed by atoms with E-state index in [1.807, 2.05) is 18.2 Å². The van der Waals surface area contributed by atoms with Crippen molar-refractivity contribution in [3.05, 3.63) is 76.9 Å². The van der Waals surface area contributed by atoms with Crippen molar-refractivity contribution in [2.75, 3.05) is 27.4 Å². The van der Waals surface area contributed by atoms with E-state index in [9.17, 15) is 35.1 Å². The molecule has 0 unspecified atom stereocenters. The van der Waals surface area contributed by atoms with Crippen molar-refractivity contribution in [3.63, 3.8) is 0 Å². The Morgan fingerprint density at radius 3 is 2.20 bits per heavy atom. The molecule has 4 rings (SSSR count). The van der Waals surface area contributed by atoms with Crippen LogP contribution in [0.4, 0.5) is 0 Å². The van der Waals surface area contributed by atoms with E-state index in [1.165, 1.54) is 50.1 Å². The summed E-state index contributed by atoms with van der Waals surface area (Å²) in [7, 11) is 2.60. The summed E-state index contributed by atoms with van der Waals surface area (Å²) in [6, 6.07) is 14.3. The number of aryl methyl sites for hydroxylation is 1. The van der Waals surface area contributed by atoms with Crippen LogP contribution >= 0.6 is 0 Å². The lowest BCUT2D eigenvalue weighted by Crippen LogP contribution is -2.60. The second-order valence-corrected chi connectivity index (χ2v) is 10.2. The molecule has 13 nitrogen and oxygen atoms in total. The van der Waals surface area contributed by atoms with E-state index in [-0.39, 0.29) is 46.5 Å².